The molecule has 0 spiro atoms. The van der Waals surface area contributed by atoms with Crippen molar-refractivity contribution in [3.05, 3.63) is 11.8 Å². The molecule has 0 fully saturated rings. The molecule has 0 saturated carbocycles. The zero-order chi connectivity index (χ0) is 11.1. The highest BCUT2D eigenvalue weighted by atomic mass is 16.5. The highest BCUT2D eigenvalue weighted by molar-refractivity contribution is 5.93. The fraction of sp³-hybridized carbons (Fsp3) is 0.636. The lowest BCUT2D eigenvalue weighted by Gasteiger charge is -2.17. The molecule has 0 unspecified atom stereocenters. The lowest BCUT2D eigenvalue weighted by molar-refractivity contribution is -0.118. The minimum Gasteiger partial charge on any atom is -0.501 e. The first-order valence-electron chi connectivity index (χ1n) is 5.26. The van der Waals surface area contributed by atoms with Gasteiger partial charge in [0.25, 0.3) is 5.91 Å². The molecule has 4 heteroatoms. The molecule has 1 aliphatic rings. The Morgan fingerprint density at radius 1 is 1.80 bits per heavy atom. The number of amides is 1. The Morgan fingerprint density at radius 3 is 3.13 bits per heavy atom. The number of carbonyl (C=O) groups is 1. The van der Waals surface area contributed by atoms with Crippen LogP contribution in [0.1, 0.15) is 32.6 Å². The molecular formula is C11H16N2O2. The van der Waals surface area contributed by atoms with Gasteiger partial charge in [-0.3, -0.25) is 4.79 Å². The summed E-state index contributed by atoms with van der Waals surface area (Å²) in [5.41, 5.74) is 0.678. The van der Waals surface area contributed by atoms with E-state index >= 15 is 0 Å². The molecule has 1 heterocycles. The summed E-state index contributed by atoms with van der Waals surface area (Å²) in [7, 11) is 0. The maximum absolute atomic E-state index is 11.7. The first-order chi connectivity index (χ1) is 7.27. The smallest absolute Gasteiger partial charge is 0.250 e. The van der Waals surface area contributed by atoms with Gasteiger partial charge < -0.3 is 10.1 Å². The minimum atomic E-state index is -0.100. The van der Waals surface area contributed by atoms with Crippen LogP contribution in [-0.2, 0) is 9.53 Å². The lowest BCUT2D eigenvalue weighted by Crippen LogP contribution is -2.35. The first kappa shape index (κ1) is 11.6. The van der Waals surface area contributed by atoms with Gasteiger partial charge in [-0.15, -0.1) is 0 Å². The largest absolute Gasteiger partial charge is 0.501 e. The molecule has 15 heavy (non-hydrogen) atoms. The number of carbonyl (C=O) groups excluding carboxylic acids is 1. The molecule has 0 aromatic carbocycles. The normalized spacial score (nSPS) is 16.9. The zero-order valence-corrected chi connectivity index (χ0v) is 8.95. The molecule has 0 aromatic rings. The topological polar surface area (TPSA) is 62.1 Å². The van der Waals surface area contributed by atoms with Gasteiger partial charge in [-0.2, -0.15) is 5.26 Å². The summed E-state index contributed by atoms with van der Waals surface area (Å²) >= 11 is 0. The maximum Gasteiger partial charge on any atom is 0.250 e. The van der Waals surface area contributed by atoms with E-state index in [1.807, 2.05) is 6.92 Å². The molecule has 1 amide bonds. The van der Waals surface area contributed by atoms with E-state index in [9.17, 15) is 4.79 Å². The summed E-state index contributed by atoms with van der Waals surface area (Å²) < 4.78 is 5.09. The number of nitrogens with one attached hydrogen (secondary N) is 1. The van der Waals surface area contributed by atoms with Gasteiger partial charge in [0.05, 0.1) is 30.9 Å². The van der Waals surface area contributed by atoms with E-state index in [4.69, 9.17) is 10.00 Å². The molecular weight excluding hydrogens is 192 g/mol. The third-order valence-corrected chi connectivity index (χ3v) is 2.39. The van der Waals surface area contributed by atoms with Crippen LogP contribution in [-0.4, -0.2) is 18.6 Å². The predicted octanol–water partition coefficient (Wildman–Crippen LogP) is 1.49. The Kier molecular flexibility index (Phi) is 4.69. The SMILES string of the molecule is CC[C@H](CC#N)NC(=O)C1=COCCC1. The van der Waals surface area contributed by atoms with Crippen LogP contribution in [0.4, 0.5) is 0 Å². The fourth-order valence-electron chi connectivity index (χ4n) is 1.42. The number of nitriles is 1. The van der Waals surface area contributed by atoms with Crippen LogP contribution in [0.25, 0.3) is 0 Å². The molecule has 0 aromatic heterocycles. The van der Waals surface area contributed by atoms with E-state index in [1.54, 1.807) is 0 Å². The van der Waals surface area contributed by atoms with Crippen LogP contribution in [0.5, 0.6) is 0 Å². The van der Waals surface area contributed by atoms with Crippen molar-refractivity contribution in [2.45, 2.75) is 38.6 Å². The number of ether oxygens (including phenoxy) is 1. The highest BCUT2D eigenvalue weighted by Gasteiger charge is 2.16. The molecule has 0 radical (unpaired) electrons. The van der Waals surface area contributed by atoms with E-state index in [-0.39, 0.29) is 11.9 Å². The van der Waals surface area contributed by atoms with Gasteiger partial charge in [0.1, 0.15) is 0 Å². The third kappa shape index (κ3) is 3.62. The summed E-state index contributed by atoms with van der Waals surface area (Å²) in [4.78, 5) is 11.7. The Morgan fingerprint density at radius 2 is 2.60 bits per heavy atom. The average Bonchev–Trinajstić information content (AvgIpc) is 2.29. The highest BCUT2D eigenvalue weighted by Crippen LogP contribution is 2.12. The molecule has 82 valence electrons. The molecule has 0 aliphatic carbocycles. The van der Waals surface area contributed by atoms with Crippen molar-refractivity contribution in [1.29, 1.82) is 5.26 Å². The van der Waals surface area contributed by atoms with E-state index in [0.717, 1.165) is 19.3 Å². The van der Waals surface area contributed by atoms with Crippen LogP contribution in [0.2, 0.25) is 0 Å². The monoisotopic (exact) mass is 208 g/mol. The molecule has 1 N–H and O–H groups in total. The minimum absolute atomic E-state index is 0.0506. The Hall–Kier alpha value is -1.50. The maximum atomic E-state index is 11.7. The van der Waals surface area contributed by atoms with Crippen LogP contribution >= 0.6 is 0 Å². The molecule has 1 aliphatic heterocycles. The lowest BCUT2D eigenvalue weighted by atomic mass is 10.1. The summed E-state index contributed by atoms with van der Waals surface area (Å²) in [6.45, 7) is 2.64. The van der Waals surface area contributed by atoms with Gasteiger partial charge in [0.15, 0.2) is 0 Å². The van der Waals surface area contributed by atoms with Crippen molar-refractivity contribution in [2.75, 3.05) is 6.61 Å². The summed E-state index contributed by atoms with van der Waals surface area (Å²) in [6, 6.07) is 2.01. The van der Waals surface area contributed by atoms with Crippen LogP contribution in [0.3, 0.4) is 0 Å². The van der Waals surface area contributed by atoms with Gasteiger partial charge in [-0.1, -0.05) is 6.92 Å². The van der Waals surface area contributed by atoms with Gasteiger partial charge in [0.2, 0.25) is 0 Å². The second-order valence-corrected chi connectivity index (χ2v) is 3.56. The number of hydrogen-bond acceptors (Lipinski definition) is 3. The summed E-state index contributed by atoms with van der Waals surface area (Å²) in [6.07, 6.45) is 4.30. The van der Waals surface area contributed by atoms with Crippen molar-refractivity contribution in [3.8, 4) is 6.07 Å². The Labute approximate surface area is 89.9 Å². The van der Waals surface area contributed by atoms with E-state index < -0.39 is 0 Å². The van der Waals surface area contributed by atoms with Crippen molar-refractivity contribution >= 4 is 5.91 Å². The standard InChI is InChI=1S/C11H16N2O2/c1-2-10(5-6-12)13-11(14)9-4-3-7-15-8-9/h8,10H,2-5,7H2,1H3,(H,13,14)/t10-/m1/s1. The van der Waals surface area contributed by atoms with Gasteiger partial charge >= 0.3 is 0 Å². The number of nitrogens with zero attached hydrogens (tertiary/aromatic N) is 1. The second-order valence-electron chi connectivity index (χ2n) is 3.56. The van der Waals surface area contributed by atoms with Crippen molar-refractivity contribution in [3.63, 3.8) is 0 Å². The average molecular weight is 208 g/mol. The van der Waals surface area contributed by atoms with E-state index in [1.165, 1.54) is 6.26 Å². The van der Waals surface area contributed by atoms with Crippen LogP contribution in [0.15, 0.2) is 11.8 Å². The molecule has 1 rings (SSSR count). The van der Waals surface area contributed by atoms with Crippen molar-refractivity contribution in [1.82, 2.24) is 5.32 Å². The van der Waals surface area contributed by atoms with E-state index in [2.05, 4.69) is 11.4 Å². The molecule has 0 saturated heterocycles. The third-order valence-electron chi connectivity index (χ3n) is 2.39. The molecule has 4 nitrogen and oxygen atoms in total. The van der Waals surface area contributed by atoms with Crippen molar-refractivity contribution < 1.29 is 9.53 Å². The number of rotatable bonds is 4. The quantitative estimate of drug-likeness (QED) is 0.761. The van der Waals surface area contributed by atoms with Crippen LogP contribution < -0.4 is 5.32 Å². The molecule has 0 bridgehead atoms. The van der Waals surface area contributed by atoms with Crippen LogP contribution in [0, 0.1) is 11.3 Å². The summed E-state index contributed by atoms with van der Waals surface area (Å²) in [5.74, 6) is -0.100. The van der Waals surface area contributed by atoms with Gasteiger partial charge in [-0.25, -0.2) is 0 Å². The predicted molar refractivity (Wildman–Crippen MR) is 55.7 cm³/mol. The van der Waals surface area contributed by atoms with E-state index in [0.29, 0.717) is 18.6 Å². The zero-order valence-electron chi connectivity index (χ0n) is 8.95. The van der Waals surface area contributed by atoms with Crippen molar-refractivity contribution in [2.24, 2.45) is 0 Å². The Bertz CT molecular complexity index is 291. The van der Waals surface area contributed by atoms with Gasteiger partial charge in [0, 0.05) is 6.04 Å². The fourth-order valence-corrected chi connectivity index (χ4v) is 1.42. The summed E-state index contributed by atoms with van der Waals surface area (Å²) in [5, 5.41) is 11.4. The number of hydrogen-bond donors (Lipinski definition) is 1. The first-order valence-corrected chi connectivity index (χ1v) is 5.26. The van der Waals surface area contributed by atoms with Gasteiger partial charge in [-0.05, 0) is 19.3 Å². The Balaban J connectivity index is 2.46. The molecule has 1 atom stereocenters. The second kappa shape index (κ2) is 6.07.